The summed E-state index contributed by atoms with van der Waals surface area (Å²) in [6.45, 7) is 10.5. The molecule has 0 bridgehead atoms. The zero-order valence-corrected chi connectivity index (χ0v) is 13.4. The first kappa shape index (κ1) is 15.5. The average molecular weight is 274 g/mol. The average Bonchev–Trinajstić information content (AvgIpc) is 2.53. The van der Waals surface area contributed by atoms with Crippen molar-refractivity contribution in [3.8, 4) is 0 Å². The van der Waals surface area contributed by atoms with Gasteiger partial charge in [0, 0.05) is 31.2 Å². The van der Waals surface area contributed by atoms with Crippen molar-refractivity contribution in [1.82, 2.24) is 10.2 Å². The van der Waals surface area contributed by atoms with Crippen molar-refractivity contribution >= 4 is 0 Å². The van der Waals surface area contributed by atoms with Crippen LogP contribution in [0, 0.1) is 0 Å². The molecule has 1 atom stereocenters. The van der Waals surface area contributed by atoms with E-state index >= 15 is 0 Å². The number of piperazine rings is 1. The highest BCUT2D eigenvalue weighted by atomic mass is 15.2. The van der Waals surface area contributed by atoms with Crippen molar-refractivity contribution in [2.24, 2.45) is 0 Å². The second-order valence-corrected chi connectivity index (χ2v) is 6.14. The Morgan fingerprint density at radius 2 is 1.85 bits per heavy atom. The zero-order valence-electron chi connectivity index (χ0n) is 13.4. The molecule has 2 rings (SSSR count). The molecule has 1 aliphatic rings. The monoisotopic (exact) mass is 274 g/mol. The van der Waals surface area contributed by atoms with Crippen molar-refractivity contribution in [1.29, 1.82) is 0 Å². The lowest BCUT2D eigenvalue weighted by molar-refractivity contribution is 0.0716. The van der Waals surface area contributed by atoms with Crippen LogP contribution in [-0.2, 0) is 6.42 Å². The third-order valence-electron chi connectivity index (χ3n) is 5.09. The Bertz CT molecular complexity index is 384. The maximum atomic E-state index is 3.82. The third kappa shape index (κ3) is 3.62. The van der Waals surface area contributed by atoms with E-state index in [1.54, 1.807) is 0 Å². The van der Waals surface area contributed by atoms with E-state index in [4.69, 9.17) is 0 Å². The van der Waals surface area contributed by atoms with Gasteiger partial charge in [0.15, 0.2) is 0 Å². The van der Waals surface area contributed by atoms with Crippen molar-refractivity contribution in [3.63, 3.8) is 0 Å². The number of rotatable bonds is 6. The lowest BCUT2D eigenvalue weighted by Gasteiger charge is -2.47. The van der Waals surface area contributed by atoms with E-state index in [2.05, 4.69) is 61.3 Å². The van der Waals surface area contributed by atoms with Crippen LogP contribution in [0.25, 0.3) is 0 Å². The quantitative estimate of drug-likeness (QED) is 0.854. The number of hydrogen-bond acceptors (Lipinski definition) is 2. The molecule has 0 radical (unpaired) electrons. The lowest BCUT2D eigenvalue weighted by Crippen LogP contribution is -2.63. The molecule has 1 saturated heterocycles. The minimum absolute atomic E-state index is 0.336. The molecule has 1 aromatic rings. The summed E-state index contributed by atoms with van der Waals surface area (Å²) in [5.41, 5.74) is 1.79. The summed E-state index contributed by atoms with van der Waals surface area (Å²) in [5.74, 6) is 0. The summed E-state index contributed by atoms with van der Waals surface area (Å²) in [7, 11) is 0. The third-order valence-corrected chi connectivity index (χ3v) is 5.09. The highest BCUT2D eigenvalue weighted by Crippen LogP contribution is 2.24. The second-order valence-electron chi connectivity index (χ2n) is 6.14. The number of benzene rings is 1. The molecule has 2 nitrogen and oxygen atoms in total. The Morgan fingerprint density at radius 3 is 2.45 bits per heavy atom. The molecule has 1 N–H and O–H groups in total. The summed E-state index contributed by atoms with van der Waals surface area (Å²) in [6, 6.07) is 11.6. The van der Waals surface area contributed by atoms with Gasteiger partial charge in [-0.05, 0) is 31.2 Å². The van der Waals surface area contributed by atoms with Gasteiger partial charge in [-0.1, -0.05) is 51.1 Å². The van der Waals surface area contributed by atoms with Crippen LogP contribution in [0.4, 0.5) is 0 Å². The fourth-order valence-corrected chi connectivity index (χ4v) is 3.34. The summed E-state index contributed by atoms with van der Waals surface area (Å²) >= 11 is 0. The smallest absolute Gasteiger partial charge is 0.0304 e. The van der Waals surface area contributed by atoms with Crippen molar-refractivity contribution in [2.45, 2.75) is 58.0 Å². The molecule has 1 unspecified atom stereocenters. The number of nitrogens with one attached hydrogen (secondary N) is 1. The topological polar surface area (TPSA) is 15.3 Å². The van der Waals surface area contributed by atoms with Gasteiger partial charge in [0.05, 0.1) is 0 Å². The highest BCUT2D eigenvalue weighted by molar-refractivity contribution is 5.15. The molecule has 1 heterocycles. The zero-order chi connectivity index (χ0) is 14.4. The highest BCUT2D eigenvalue weighted by Gasteiger charge is 2.35. The Balaban J connectivity index is 1.98. The molecule has 2 heteroatoms. The molecular formula is C18H30N2. The first-order chi connectivity index (χ1) is 9.73. The predicted molar refractivity (Wildman–Crippen MR) is 87.1 cm³/mol. The van der Waals surface area contributed by atoms with Crippen LogP contribution in [0.15, 0.2) is 30.3 Å². The van der Waals surface area contributed by atoms with E-state index in [1.165, 1.54) is 44.3 Å². The second kappa shape index (κ2) is 7.24. The number of hydrogen-bond donors (Lipinski definition) is 1. The first-order valence-corrected chi connectivity index (χ1v) is 8.26. The largest absolute Gasteiger partial charge is 0.308 e. The molecule has 112 valence electrons. The van der Waals surface area contributed by atoms with E-state index in [1.807, 2.05) is 0 Å². The molecule has 0 aliphatic carbocycles. The van der Waals surface area contributed by atoms with Crippen LogP contribution in [-0.4, -0.2) is 36.1 Å². The van der Waals surface area contributed by atoms with Gasteiger partial charge in [0.2, 0.25) is 0 Å². The van der Waals surface area contributed by atoms with Gasteiger partial charge in [-0.15, -0.1) is 0 Å². The van der Waals surface area contributed by atoms with E-state index in [-0.39, 0.29) is 0 Å². The van der Waals surface area contributed by atoms with Crippen LogP contribution >= 0.6 is 0 Å². The fraction of sp³-hybridized carbons (Fsp3) is 0.667. The number of nitrogens with zero attached hydrogens (tertiary/aromatic N) is 1. The minimum atomic E-state index is 0.336. The van der Waals surface area contributed by atoms with Gasteiger partial charge in [0.25, 0.3) is 0 Å². The summed E-state index contributed by atoms with van der Waals surface area (Å²) in [4.78, 5) is 2.72. The van der Waals surface area contributed by atoms with Gasteiger partial charge < -0.3 is 5.32 Å². The Labute approximate surface area is 124 Å². The Kier molecular flexibility index (Phi) is 5.62. The minimum Gasteiger partial charge on any atom is -0.308 e. The fourth-order valence-electron chi connectivity index (χ4n) is 3.34. The molecule has 1 aromatic carbocycles. The van der Waals surface area contributed by atoms with Crippen LogP contribution in [0.5, 0.6) is 0 Å². The van der Waals surface area contributed by atoms with E-state index < -0.39 is 0 Å². The summed E-state index contributed by atoms with van der Waals surface area (Å²) < 4.78 is 0. The van der Waals surface area contributed by atoms with Crippen molar-refractivity contribution in [2.75, 3.05) is 19.6 Å². The van der Waals surface area contributed by atoms with E-state index in [0.717, 1.165) is 6.54 Å². The molecule has 20 heavy (non-hydrogen) atoms. The van der Waals surface area contributed by atoms with Crippen molar-refractivity contribution in [3.05, 3.63) is 35.9 Å². The molecular weight excluding hydrogens is 244 g/mol. The van der Waals surface area contributed by atoms with Crippen LogP contribution in [0.3, 0.4) is 0 Å². The van der Waals surface area contributed by atoms with E-state index in [0.29, 0.717) is 11.6 Å². The normalized spacial score (nSPS) is 22.9. The standard InChI is InChI=1S/C18H30N2/c1-4-17-14-19-18(5-2,6-3)15-20(17)13-12-16-10-8-7-9-11-16/h7-11,17,19H,4-6,12-15H2,1-3H3. The predicted octanol–water partition coefficient (Wildman–Crippen LogP) is 3.47. The van der Waals surface area contributed by atoms with Crippen LogP contribution in [0.1, 0.15) is 45.6 Å². The lowest BCUT2D eigenvalue weighted by atomic mass is 9.88. The van der Waals surface area contributed by atoms with Gasteiger partial charge in [-0.25, -0.2) is 0 Å². The van der Waals surface area contributed by atoms with Crippen molar-refractivity contribution < 1.29 is 0 Å². The molecule has 1 aliphatic heterocycles. The maximum absolute atomic E-state index is 3.82. The van der Waals surface area contributed by atoms with Gasteiger partial charge in [0.1, 0.15) is 0 Å². The Hall–Kier alpha value is -0.860. The van der Waals surface area contributed by atoms with Gasteiger partial charge in [-0.3, -0.25) is 4.90 Å². The first-order valence-electron chi connectivity index (χ1n) is 8.26. The molecule has 0 amide bonds. The summed E-state index contributed by atoms with van der Waals surface area (Å²) in [6.07, 6.45) is 4.86. The Morgan fingerprint density at radius 1 is 1.15 bits per heavy atom. The van der Waals surface area contributed by atoms with Gasteiger partial charge >= 0.3 is 0 Å². The molecule has 0 saturated carbocycles. The molecule has 0 aromatic heterocycles. The van der Waals surface area contributed by atoms with Gasteiger partial charge in [-0.2, -0.15) is 0 Å². The summed E-state index contributed by atoms with van der Waals surface area (Å²) in [5, 5.41) is 3.82. The maximum Gasteiger partial charge on any atom is 0.0304 e. The SMILES string of the molecule is CCC1CNC(CC)(CC)CN1CCc1ccccc1. The molecule has 0 spiro atoms. The van der Waals surface area contributed by atoms with Crippen LogP contribution < -0.4 is 5.32 Å². The van der Waals surface area contributed by atoms with E-state index in [9.17, 15) is 0 Å². The van der Waals surface area contributed by atoms with Crippen LogP contribution in [0.2, 0.25) is 0 Å². The molecule has 1 fully saturated rings.